The number of benzene rings is 1. The summed E-state index contributed by atoms with van der Waals surface area (Å²) in [5.74, 6) is 0. The van der Waals surface area contributed by atoms with E-state index >= 15 is 0 Å². The normalized spacial score (nSPS) is 21.7. The van der Waals surface area contributed by atoms with E-state index in [-0.39, 0.29) is 30.3 Å². The van der Waals surface area contributed by atoms with Crippen LogP contribution in [0.3, 0.4) is 0 Å². The molecule has 2 rings (SSSR count). The van der Waals surface area contributed by atoms with Crippen molar-refractivity contribution < 1.29 is 22.1 Å². The van der Waals surface area contributed by atoms with Gasteiger partial charge in [0.1, 0.15) is 0 Å². The van der Waals surface area contributed by atoms with E-state index in [9.17, 15) is 8.42 Å². The lowest BCUT2D eigenvalue weighted by Gasteiger charge is -2.20. The fourth-order valence-corrected chi connectivity index (χ4v) is 3.55. The SMILES string of the molecule is CCCO[C@@H]1CCC[C@H]1OCCOS(=O)(=O)c1ccc(C)cc1. The Morgan fingerprint density at radius 3 is 2.22 bits per heavy atom. The molecule has 2 atom stereocenters. The molecule has 0 saturated heterocycles. The molecule has 0 aromatic heterocycles. The number of hydrogen-bond acceptors (Lipinski definition) is 5. The van der Waals surface area contributed by atoms with Gasteiger partial charge in [0.05, 0.1) is 30.3 Å². The van der Waals surface area contributed by atoms with Crippen LogP contribution in [-0.4, -0.2) is 40.4 Å². The summed E-state index contributed by atoms with van der Waals surface area (Å²) in [7, 11) is -3.71. The third-order valence-corrected chi connectivity index (χ3v) is 5.22. The zero-order chi connectivity index (χ0) is 16.7. The summed E-state index contributed by atoms with van der Waals surface area (Å²) in [4.78, 5) is 0.174. The van der Waals surface area contributed by atoms with E-state index in [0.29, 0.717) is 0 Å². The molecule has 1 saturated carbocycles. The van der Waals surface area contributed by atoms with Crippen molar-refractivity contribution in [3.8, 4) is 0 Å². The van der Waals surface area contributed by atoms with Crippen LogP contribution in [0.4, 0.5) is 0 Å². The van der Waals surface area contributed by atoms with Gasteiger partial charge in [-0.25, -0.2) is 0 Å². The minimum atomic E-state index is -3.71. The summed E-state index contributed by atoms with van der Waals surface area (Å²) in [6, 6.07) is 6.61. The smallest absolute Gasteiger partial charge is 0.297 e. The maximum absolute atomic E-state index is 12.0. The van der Waals surface area contributed by atoms with Gasteiger partial charge in [-0.05, 0) is 44.7 Å². The van der Waals surface area contributed by atoms with Gasteiger partial charge in [0, 0.05) is 6.61 Å². The lowest BCUT2D eigenvalue weighted by molar-refractivity contribution is -0.0610. The van der Waals surface area contributed by atoms with Crippen LogP contribution < -0.4 is 0 Å². The van der Waals surface area contributed by atoms with Crippen molar-refractivity contribution in [1.82, 2.24) is 0 Å². The van der Waals surface area contributed by atoms with Crippen molar-refractivity contribution >= 4 is 10.1 Å². The molecule has 130 valence electrons. The first kappa shape index (κ1) is 18.4. The van der Waals surface area contributed by atoms with E-state index in [0.717, 1.165) is 37.9 Å². The summed E-state index contributed by atoms with van der Waals surface area (Å²) >= 11 is 0. The Hall–Kier alpha value is -0.950. The molecule has 0 radical (unpaired) electrons. The first-order valence-corrected chi connectivity index (χ1v) is 9.63. The van der Waals surface area contributed by atoms with Crippen LogP contribution in [0.1, 0.15) is 38.2 Å². The van der Waals surface area contributed by atoms with Crippen molar-refractivity contribution in [2.75, 3.05) is 19.8 Å². The van der Waals surface area contributed by atoms with Crippen molar-refractivity contribution in [1.29, 1.82) is 0 Å². The van der Waals surface area contributed by atoms with E-state index in [1.54, 1.807) is 24.3 Å². The second-order valence-corrected chi connectivity index (χ2v) is 7.45. The number of ether oxygens (including phenoxy) is 2. The van der Waals surface area contributed by atoms with Gasteiger partial charge in [0.2, 0.25) is 0 Å². The molecule has 1 fully saturated rings. The highest BCUT2D eigenvalue weighted by Crippen LogP contribution is 2.25. The molecule has 0 heterocycles. The Balaban J connectivity index is 1.75. The maximum atomic E-state index is 12.0. The minimum Gasteiger partial charge on any atom is -0.376 e. The lowest BCUT2D eigenvalue weighted by Crippen LogP contribution is -2.28. The number of aryl methyl sites for hydroxylation is 1. The van der Waals surface area contributed by atoms with Crippen LogP contribution >= 0.6 is 0 Å². The third-order valence-electron chi connectivity index (χ3n) is 3.89. The molecule has 1 aromatic rings. The van der Waals surface area contributed by atoms with E-state index in [1.807, 2.05) is 6.92 Å². The molecule has 0 spiro atoms. The standard InChI is InChI=1S/C17H26O5S/c1-3-11-20-16-5-4-6-17(16)21-12-13-22-23(18,19)15-9-7-14(2)8-10-15/h7-10,16-17H,3-6,11-13H2,1-2H3/t16-,17-/m1/s1. The molecule has 1 aromatic carbocycles. The maximum Gasteiger partial charge on any atom is 0.297 e. The first-order chi connectivity index (χ1) is 11.0. The molecular weight excluding hydrogens is 316 g/mol. The second-order valence-electron chi connectivity index (χ2n) is 5.84. The van der Waals surface area contributed by atoms with Crippen LogP contribution in [0.2, 0.25) is 0 Å². The second kappa shape index (κ2) is 8.78. The van der Waals surface area contributed by atoms with Crippen LogP contribution in [0.5, 0.6) is 0 Å². The number of rotatable bonds is 9. The fraction of sp³-hybridized carbons (Fsp3) is 0.647. The van der Waals surface area contributed by atoms with Crippen LogP contribution in [-0.2, 0) is 23.8 Å². The van der Waals surface area contributed by atoms with E-state index in [4.69, 9.17) is 13.7 Å². The Labute approximate surface area is 139 Å². The molecule has 6 heteroatoms. The highest BCUT2D eigenvalue weighted by atomic mass is 32.2. The van der Waals surface area contributed by atoms with Crippen LogP contribution in [0.25, 0.3) is 0 Å². The average molecular weight is 342 g/mol. The molecule has 23 heavy (non-hydrogen) atoms. The molecule has 1 aliphatic carbocycles. The summed E-state index contributed by atoms with van der Waals surface area (Å²) in [5, 5.41) is 0. The fourth-order valence-electron chi connectivity index (χ4n) is 2.66. The molecule has 5 nitrogen and oxygen atoms in total. The van der Waals surface area contributed by atoms with Gasteiger partial charge in [0.15, 0.2) is 0 Å². The summed E-state index contributed by atoms with van der Waals surface area (Å²) in [6.45, 7) is 5.00. The zero-order valence-corrected chi connectivity index (χ0v) is 14.7. The predicted octanol–water partition coefficient (Wildman–Crippen LogP) is 3.06. The molecule has 0 unspecified atom stereocenters. The minimum absolute atomic E-state index is 0.0210. The highest BCUT2D eigenvalue weighted by Gasteiger charge is 2.28. The Morgan fingerprint density at radius 2 is 1.61 bits per heavy atom. The number of hydrogen-bond donors (Lipinski definition) is 0. The molecule has 0 bridgehead atoms. The van der Waals surface area contributed by atoms with Crippen LogP contribution in [0.15, 0.2) is 29.2 Å². The molecular formula is C17H26O5S. The van der Waals surface area contributed by atoms with E-state index in [1.165, 1.54) is 0 Å². The van der Waals surface area contributed by atoms with E-state index in [2.05, 4.69) is 6.92 Å². The molecule has 0 aliphatic heterocycles. The summed E-state index contributed by atoms with van der Waals surface area (Å²) < 4.78 is 40.6. The van der Waals surface area contributed by atoms with Crippen LogP contribution in [0, 0.1) is 6.92 Å². The monoisotopic (exact) mass is 342 g/mol. The van der Waals surface area contributed by atoms with Gasteiger partial charge in [0.25, 0.3) is 10.1 Å². The highest BCUT2D eigenvalue weighted by molar-refractivity contribution is 7.86. The van der Waals surface area contributed by atoms with Crippen molar-refractivity contribution in [3.05, 3.63) is 29.8 Å². The van der Waals surface area contributed by atoms with E-state index < -0.39 is 10.1 Å². The van der Waals surface area contributed by atoms with Gasteiger partial charge < -0.3 is 9.47 Å². The zero-order valence-electron chi connectivity index (χ0n) is 13.9. The lowest BCUT2D eigenvalue weighted by atomic mass is 10.2. The quantitative estimate of drug-likeness (QED) is 0.510. The van der Waals surface area contributed by atoms with Gasteiger partial charge in [-0.1, -0.05) is 24.6 Å². The molecule has 0 amide bonds. The van der Waals surface area contributed by atoms with Gasteiger partial charge in [-0.2, -0.15) is 8.42 Å². The Bertz CT molecular complexity index is 567. The Kier molecular flexibility index (Phi) is 7.02. The van der Waals surface area contributed by atoms with Gasteiger partial charge >= 0.3 is 0 Å². The van der Waals surface area contributed by atoms with Crippen molar-refractivity contribution in [3.63, 3.8) is 0 Å². The summed E-state index contributed by atoms with van der Waals surface area (Å²) in [6.07, 6.45) is 4.21. The predicted molar refractivity (Wildman–Crippen MR) is 87.9 cm³/mol. The average Bonchev–Trinajstić information content (AvgIpc) is 2.97. The van der Waals surface area contributed by atoms with Gasteiger partial charge in [-0.3, -0.25) is 4.18 Å². The topological polar surface area (TPSA) is 61.8 Å². The first-order valence-electron chi connectivity index (χ1n) is 8.22. The Morgan fingerprint density at radius 1 is 1.00 bits per heavy atom. The summed E-state index contributed by atoms with van der Waals surface area (Å²) in [5.41, 5.74) is 1.01. The molecule has 0 N–H and O–H groups in total. The van der Waals surface area contributed by atoms with Crippen molar-refractivity contribution in [2.45, 2.75) is 56.6 Å². The van der Waals surface area contributed by atoms with Crippen molar-refractivity contribution in [2.24, 2.45) is 0 Å². The molecule has 1 aliphatic rings. The van der Waals surface area contributed by atoms with Gasteiger partial charge in [-0.15, -0.1) is 0 Å². The largest absolute Gasteiger partial charge is 0.376 e. The third kappa shape index (κ3) is 5.57.